The molecule has 0 saturated carbocycles. The first kappa shape index (κ1) is 20.8. The second-order valence-electron chi connectivity index (χ2n) is 6.77. The first-order valence-electron chi connectivity index (χ1n) is 8.14. The molecule has 0 fully saturated rings. The highest BCUT2D eigenvalue weighted by Crippen LogP contribution is 2.32. The van der Waals surface area contributed by atoms with Gasteiger partial charge in [0.05, 0.1) is 18.4 Å². The number of aryl methyl sites for hydroxylation is 1. The second-order valence-corrected chi connectivity index (χ2v) is 9.26. The predicted molar refractivity (Wildman–Crippen MR) is 103 cm³/mol. The molecule has 1 N–H and O–H groups in total. The van der Waals surface area contributed by atoms with Crippen molar-refractivity contribution in [3.63, 3.8) is 0 Å². The van der Waals surface area contributed by atoms with Crippen molar-refractivity contribution >= 4 is 28.9 Å². The van der Waals surface area contributed by atoms with Crippen LogP contribution in [0, 0.1) is 6.92 Å². The van der Waals surface area contributed by atoms with E-state index in [9.17, 15) is 9.35 Å². The van der Waals surface area contributed by atoms with Crippen LogP contribution < -0.4 is 4.72 Å². The number of carbonyl (C=O) groups excluding carboxylic acids is 1. The number of methoxy groups -OCH3 is 1. The molecule has 2 rings (SSSR count). The lowest BCUT2D eigenvalue weighted by molar-refractivity contribution is 0.0601. The maximum absolute atomic E-state index is 12.1. The molecule has 0 spiro atoms. The van der Waals surface area contributed by atoms with E-state index in [0.29, 0.717) is 40.6 Å². The molecule has 0 unspecified atom stereocenters. The molecule has 6 nitrogen and oxygen atoms in total. The molecule has 0 aliphatic heterocycles. The molecule has 1 heterocycles. The van der Waals surface area contributed by atoms with E-state index in [0.717, 1.165) is 5.56 Å². The summed E-state index contributed by atoms with van der Waals surface area (Å²) >= 11 is 4.85. The minimum Gasteiger partial charge on any atom is -0.598 e. The molecular formula is C18H23ClN2O4S. The van der Waals surface area contributed by atoms with E-state index in [1.165, 1.54) is 7.11 Å². The minimum atomic E-state index is -1.18. The topological polar surface area (TPSA) is 87.4 Å². The van der Waals surface area contributed by atoms with E-state index in [4.69, 9.17) is 20.9 Å². The Bertz CT molecular complexity index is 786. The molecular weight excluding hydrogens is 376 g/mol. The number of aromatic nitrogens is 1. The van der Waals surface area contributed by atoms with Gasteiger partial charge in [-0.3, -0.25) is 0 Å². The summed E-state index contributed by atoms with van der Waals surface area (Å²) in [6, 6.07) is 5.01. The van der Waals surface area contributed by atoms with Gasteiger partial charge < -0.3 is 13.8 Å². The molecule has 1 atom stereocenters. The molecule has 1 aromatic carbocycles. The Balaban J connectivity index is 2.30. The van der Waals surface area contributed by atoms with Crippen LogP contribution in [-0.4, -0.2) is 34.1 Å². The summed E-state index contributed by atoms with van der Waals surface area (Å²) in [4.78, 5) is 12.1. The summed E-state index contributed by atoms with van der Waals surface area (Å²) in [6.07, 6.45) is 0.473. The van der Waals surface area contributed by atoms with E-state index < -0.39 is 17.3 Å². The monoisotopic (exact) mass is 398 g/mol. The van der Waals surface area contributed by atoms with Gasteiger partial charge in [-0.25, -0.2) is 4.79 Å². The van der Waals surface area contributed by atoms with Crippen molar-refractivity contribution in [3.05, 3.63) is 40.2 Å². The van der Waals surface area contributed by atoms with Crippen LogP contribution in [0.2, 0.25) is 5.02 Å². The molecule has 26 heavy (non-hydrogen) atoms. The third-order valence-electron chi connectivity index (χ3n) is 3.73. The molecule has 142 valence electrons. The highest BCUT2D eigenvalue weighted by Gasteiger charge is 2.27. The molecule has 8 heteroatoms. The molecule has 1 aromatic heterocycles. The summed E-state index contributed by atoms with van der Waals surface area (Å²) in [7, 11) is 1.32. The fraction of sp³-hybridized carbons (Fsp3) is 0.444. The first-order chi connectivity index (χ1) is 12.1. The first-order valence-corrected chi connectivity index (χ1v) is 9.66. The van der Waals surface area contributed by atoms with E-state index in [-0.39, 0.29) is 4.75 Å². The number of esters is 1. The molecule has 0 saturated heterocycles. The summed E-state index contributed by atoms with van der Waals surface area (Å²) in [5.74, 6) is 0.120. The van der Waals surface area contributed by atoms with Crippen LogP contribution in [0.15, 0.2) is 22.7 Å². The van der Waals surface area contributed by atoms with Crippen molar-refractivity contribution in [1.82, 2.24) is 9.88 Å². The number of benzene rings is 1. The van der Waals surface area contributed by atoms with E-state index in [1.807, 2.05) is 20.8 Å². The predicted octanol–water partition coefficient (Wildman–Crippen LogP) is 3.68. The number of carbonyl (C=O) groups is 1. The number of hydrogen-bond acceptors (Lipinski definition) is 6. The minimum absolute atomic E-state index is 0.346. The standard InChI is InChI=1S/C18H23ClN2O4S/c1-11-16(13-7-6-12(19)10-14(13)17(22)24-5)15(25-21-11)8-9-20-26(23)18(2,3)4/h6-7,10,20H,8-9H2,1-5H3/t26-/m0/s1. The zero-order chi connectivity index (χ0) is 19.5. The molecule has 0 bridgehead atoms. The van der Waals surface area contributed by atoms with Crippen LogP contribution >= 0.6 is 11.6 Å². The van der Waals surface area contributed by atoms with Gasteiger partial charge >= 0.3 is 5.97 Å². The average Bonchev–Trinajstić information content (AvgIpc) is 2.93. The fourth-order valence-corrected chi connectivity index (χ4v) is 3.31. The van der Waals surface area contributed by atoms with Gasteiger partial charge in [0.15, 0.2) is 0 Å². The molecule has 0 amide bonds. The zero-order valence-corrected chi connectivity index (χ0v) is 17.1. The van der Waals surface area contributed by atoms with Gasteiger partial charge in [0.25, 0.3) is 0 Å². The third-order valence-corrected chi connectivity index (χ3v) is 5.54. The Morgan fingerprint density at radius 1 is 1.42 bits per heavy atom. The fourth-order valence-electron chi connectivity index (χ4n) is 2.42. The Kier molecular flexibility index (Phi) is 6.74. The van der Waals surface area contributed by atoms with Gasteiger partial charge in [0, 0.05) is 40.5 Å². The van der Waals surface area contributed by atoms with Crippen molar-refractivity contribution in [2.45, 2.75) is 38.9 Å². The normalized spacial score (nSPS) is 12.9. The van der Waals surface area contributed by atoms with Crippen molar-refractivity contribution in [3.8, 4) is 11.1 Å². The van der Waals surface area contributed by atoms with Crippen molar-refractivity contribution in [2.75, 3.05) is 13.7 Å². The van der Waals surface area contributed by atoms with E-state index in [2.05, 4.69) is 9.88 Å². The van der Waals surface area contributed by atoms with Gasteiger partial charge in [-0.15, -0.1) is 4.72 Å². The van der Waals surface area contributed by atoms with Crippen LogP contribution in [0.1, 0.15) is 42.6 Å². The lowest BCUT2D eigenvalue weighted by Gasteiger charge is -2.23. The molecule has 0 aliphatic rings. The average molecular weight is 399 g/mol. The van der Waals surface area contributed by atoms with E-state index >= 15 is 0 Å². The Labute approximate surface area is 161 Å². The lowest BCUT2D eigenvalue weighted by atomic mass is 9.97. The smallest absolute Gasteiger partial charge is 0.338 e. The van der Waals surface area contributed by atoms with Crippen LogP contribution in [0.5, 0.6) is 0 Å². The van der Waals surface area contributed by atoms with Gasteiger partial charge in [0.2, 0.25) is 0 Å². The van der Waals surface area contributed by atoms with Gasteiger partial charge in [-0.1, -0.05) is 22.8 Å². The van der Waals surface area contributed by atoms with Crippen LogP contribution in [0.3, 0.4) is 0 Å². The van der Waals surface area contributed by atoms with Crippen LogP contribution in [0.4, 0.5) is 0 Å². The molecule has 0 radical (unpaired) electrons. The number of ether oxygens (including phenoxy) is 1. The molecule has 0 aliphatic carbocycles. The zero-order valence-electron chi connectivity index (χ0n) is 15.5. The number of hydrogen-bond donors (Lipinski definition) is 1. The Morgan fingerprint density at radius 3 is 2.73 bits per heavy atom. The van der Waals surface area contributed by atoms with Crippen molar-refractivity contribution in [1.29, 1.82) is 0 Å². The lowest BCUT2D eigenvalue weighted by Crippen LogP contribution is -2.40. The van der Waals surface area contributed by atoms with Crippen LogP contribution in [0.25, 0.3) is 11.1 Å². The number of nitrogens with one attached hydrogen (secondary N) is 1. The summed E-state index contributed by atoms with van der Waals surface area (Å²) in [6.45, 7) is 7.95. The highest BCUT2D eigenvalue weighted by atomic mass is 35.5. The van der Waals surface area contributed by atoms with E-state index in [1.54, 1.807) is 25.1 Å². The summed E-state index contributed by atoms with van der Waals surface area (Å²) in [5, 5.41) is 4.46. The summed E-state index contributed by atoms with van der Waals surface area (Å²) in [5.41, 5.74) is 2.38. The van der Waals surface area contributed by atoms with Gasteiger partial charge in [0.1, 0.15) is 10.5 Å². The van der Waals surface area contributed by atoms with Gasteiger partial charge in [-0.2, -0.15) is 0 Å². The quantitative estimate of drug-likeness (QED) is 0.589. The van der Waals surface area contributed by atoms with Gasteiger partial charge in [-0.05, 0) is 39.8 Å². The maximum atomic E-state index is 12.1. The summed E-state index contributed by atoms with van der Waals surface area (Å²) < 4.78 is 25.0. The largest absolute Gasteiger partial charge is 0.598 e. The molecule has 2 aromatic rings. The second kappa shape index (κ2) is 8.43. The number of halogens is 1. The van der Waals surface area contributed by atoms with Crippen molar-refractivity contribution in [2.24, 2.45) is 0 Å². The number of rotatable bonds is 6. The Hall–Kier alpha value is -1.54. The third kappa shape index (κ3) is 4.79. The highest BCUT2D eigenvalue weighted by molar-refractivity contribution is 7.90. The van der Waals surface area contributed by atoms with Crippen molar-refractivity contribution < 1.29 is 18.6 Å². The SMILES string of the molecule is COC(=O)c1cc(Cl)ccc1-c1c(C)noc1CCN[S@@+]([O-])C(C)(C)C. The number of nitrogens with zero attached hydrogens (tertiary/aromatic N) is 1. The maximum Gasteiger partial charge on any atom is 0.338 e. The van der Waals surface area contributed by atoms with Crippen LogP contribution in [-0.2, 0) is 22.5 Å². The Morgan fingerprint density at radius 2 is 2.12 bits per heavy atom.